The largest absolute Gasteiger partial charge is 0.230 e. The summed E-state index contributed by atoms with van der Waals surface area (Å²) < 4.78 is 1.65. The van der Waals surface area contributed by atoms with Crippen molar-refractivity contribution < 1.29 is 0 Å². The molecule has 2 aromatic rings. The number of nitrogens with zero attached hydrogens (tertiary/aromatic N) is 3. The predicted octanol–water partition coefficient (Wildman–Crippen LogP) is 2.00. The number of rotatable bonds is 0. The van der Waals surface area contributed by atoms with Crippen molar-refractivity contribution in [1.29, 1.82) is 0 Å². The highest BCUT2D eigenvalue weighted by Crippen LogP contribution is 2.17. The van der Waals surface area contributed by atoms with Crippen LogP contribution < -0.4 is 0 Å². The lowest BCUT2D eigenvalue weighted by Crippen LogP contribution is -1.91. The van der Waals surface area contributed by atoms with Crippen molar-refractivity contribution in [2.24, 2.45) is 0 Å². The third-order valence-electron chi connectivity index (χ3n) is 1.82. The van der Waals surface area contributed by atoms with E-state index in [2.05, 4.69) is 10.1 Å². The van der Waals surface area contributed by atoms with Crippen LogP contribution in [0.1, 0.15) is 11.3 Å². The molecule has 0 aromatic carbocycles. The summed E-state index contributed by atoms with van der Waals surface area (Å²) in [6, 6.07) is 1.91. The average molecular weight is 182 g/mol. The normalized spacial score (nSPS) is 10.9. The van der Waals surface area contributed by atoms with E-state index in [0.29, 0.717) is 5.15 Å². The number of fused-ring (bicyclic) bond motifs is 1. The smallest absolute Gasteiger partial charge is 0.158 e. The molecule has 0 saturated carbocycles. The summed E-state index contributed by atoms with van der Waals surface area (Å²) in [6.45, 7) is 3.86. The van der Waals surface area contributed by atoms with Gasteiger partial charge >= 0.3 is 0 Å². The first-order chi connectivity index (χ1) is 5.70. The van der Waals surface area contributed by atoms with E-state index >= 15 is 0 Å². The Labute approximate surface area is 75.0 Å². The number of hydrogen-bond donors (Lipinski definition) is 0. The van der Waals surface area contributed by atoms with Gasteiger partial charge in [-0.1, -0.05) is 11.6 Å². The number of halogens is 1. The molecule has 0 unspecified atom stereocenters. The maximum Gasteiger partial charge on any atom is 0.158 e. The molecule has 0 aliphatic rings. The van der Waals surface area contributed by atoms with Crippen molar-refractivity contribution in [1.82, 2.24) is 14.6 Å². The summed E-state index contributed by atoms with van der Waals surface area (Å²) >= 11 is 5.95. The third kappa shape index (κ3) is 0.898. The van der Waals surface area contributed by atoms with Crippen molar-refractivity contribution in [2.75, 3.05) is 0 Å². The molecular formula is C8H8ClN3. The van der Waals surface area contributed by atoms with Crippen LogP contribution in [0.2, 0.25) is 5.15 Å². The van der Waals surface area contributed by atoms with Crippen LogP contribution >= 0.6 is 11.6 Å². The van der Waals surface area contributed by atoms with Gasteiger partial charge in [-0.15, -0.1) is 0 Å². The zero-order chi connectivity index (χ0) is 8.72. The Bertz CT molecular complexity index is 433. The van der Waals surface area contributed by atoms with E-state index in [4.69, 9.17) is 11.6 Å². The Morgan fingerprint density at radius 2 is 2.17 bits per heavy atom. The fourth-order valence-electron chi connectivity index (χ4n) is 1.15. The van der Waals surface area contributed by atoms with Gasteiger partial charge in [-0.3, -0.25) is 0 Å². The monoisotopic (exact) mass is 181 g/mol. The van der Waals surface area contributed by atoms with Crippen LogP contribution in [0.4, 0.5) is 0 Å². The van der Waals surface area contributed by atoms with Crippen LogP contribution in [0.3, 0.4) is 0 Å². The summed E-state index contributed by atoms with van der Waals surface area (Å²) in [5, 5.41) is 4.68. The van der Waals surface area contributed by atoms with Crippen molar-refractivity contribution >= 4 is 17.2 Å². The molecule has 0 radical (unpaired) electrons. The van der Waals surface area contributed by atoms with Crippen molar-refractivity contribution in [3.8, 4) is 0 Å². The first kappa shape index (κ1) is 7.55. The molecule has 3 nitrogen and oxygen atoms in total. The van der Waals surface area contributed by atoms with Gasteiger partial charge in [0.25, 0.3) is 0 Å². The minimum absolute atomic E-state index is 0.591. The SMILES string of the molecule is Cc1nc2c(C)ccnn2c1Cl. The molecule has 0 amide bonds. The molecular weight excluding hydrogens is 174 g/mol. The molecule has 2 heterocycles. The first-order valence-corrected chi connectivity index (χ1v) is 4.04. The molecule has 0 fully saturated rings. The zero-order valence-corrected chi connectivity index (χ0v) is 7.63. The van der Waals surface area contributed by atoms with E-state index in [1.165, 1.54) is 0 Å². The van der Waals surface area contributed by atoms with Crippen LogP contribution in [0.5, 0.6) is 0 Å². The van der Waals surface area contributed by atoms with Gasteiger partial charge in [0.2, 0.25) is 0 Å². The van der Waals surface area contributed by atoms with Gasteiger partial charge in [0, 0.05) is 6.20 Å². The van der Waals surface area contributed by atoms with Crippen molar-refractivity contribution in [3.05, 3.63) is 28.7 Å². The van der Waals surface area contributed by atoms with Gasteiger partial charge in [-0.05, 0) is 25.5 Å². The van der Waals surface area contributed by atoms with E-state index in [1.54, 1.807) is 10.7 Å². The van der Waals surface area contributed by atoms with Gasteiger partial charge < -0.3 is 0 Å². The van der Waals surface area contributed by atoms with Crippen LogP contribution in [0.15, 0.2) is 12.3 Å². The maximum atomic E-state index is 5.95. The Hall–Kier alpha value is -1.09. The zero-order valence-electron chi connectivity index (χ0n) is 6.87. The minimum atomic E-state index is 0.591. The van der Waals surface area contributed by atoms with Crippen LogP contribution in [-0.2, 0) is 0 Å². The number of hydrogen-bond acceptors (Lipinski definition) is 2. The highest BCUT2D eigenvalue weighted by Gasteiger charge is 2.07. The summed E-state index contributed by atoms with van der Waals surface area (Å²) in [6.07, 6.45) is 1.72. The van der Waals surface area contributed by atoms with Gasteiger partial charge in [0.1, 0.15) is 0 Å². The van der Waals surface area contributed by atoms with Crippen LogP contribution in [-0.4, -0.2) is 14.6 Å². The van der Waals surface area contributed by atoms with Crippen LogP contribution in [0, 0.1) is 13.8 Å². The molecule has 2 aromatic heterocycles. The second-order valence-corrected chi connectivity index (χ2v) is 3.10. The fraction of sp³-hybridized carbons (Fsp3) is 0.250. The molecule has 0 atom stereocenters. The molecule has 62 valence electrons. The molecule has 12 heavy (non-hydrogen) atoms. The average Bonchev–Trinajstić information content (AvgIpc) is 2.32. The summed E-state index contributed by atoms with van der Waals surface area (Å²) in [4.78, 5) is 4.28. The Kier molecular flexibility index (Phi) is 1.54. The van der Waals surface area contributed by atoms with Gasteiger partial charge in [-0.25, -0.2) is 9.50 Å². The van der Waals surface area contributed by atoms with E-state index in [0.717, 1.165) is 16.9 Å². The van der Waals surface area contributed by atoms with Crippen LogP contribution in [0.25, 0.3) is 5.65 Å². The van der Waals surface area contributed by atoms with Crippen molar-refractivity contribution in [2.45, 2.75) is 13.8 Å². The molecule has 0 saturated heterocycles. The maximum absolute atomic E-state index is 5.95. The number of aryl methyl sites for hydroxylation is 2. The number of aromatic nitrogens is 3. The fourth-order valence-corrected chi connectivity index (χ4v) is 1.31. The lowest BCUT2D eigenvalue weighted by atomic mass is 10.3. The first-order valence-electron chi connectivity index (χ1n) is 3.66. The lowest BCUT2D eigenvalue weighted by molar-refractivity contribution is 0.927. The predicted molar refractivity (Wildman–Crippen MR) is 47.5 cm³/mol. The Morgan fingerprint density at radius 3 is 2.83 bits per heavy atom. The van der Waals surface area contributed by atoms with E-state index < -0.39 is 0 Å². The van der Waals surface area contributed by atoms with Gasteiger partial charge in [0.15, 0.2) is 10.8 Å². The van der Waals surface area contributed by atoms with E-state index in [-0.39, 0.29) is 0 Å². The molecule has 4 heteroatoms. The highest BCUT2D eigenvalue weighted by atomic mass is 35.5. The second kappa shape index (κ2) is 2.45. The molecule has 0 spiro atoms. The molecule has 2 rings (SSSR count). The van der Waals surface area contributed by atoms with E-state index in [9.17, 15) is 0 Å². The highest BCUT2D eigenvalue weighted by molar-refractivity contribution is 6.30. The summed E-state index contributed by atoms with van der Waals surface area (Å²) in [5.74, 6) is 0. The number of imidazole rings is 1. The molecule has 0 bridgehead atoms. The van der Waals surface area contributed by atoms with Crippen molar-refractivity contribution in [3.63, 3.8) is 0 Å². The Balaban J connectivity index is 2.95. The quantitative estimate of drug-likeness (QED) is 0.622. The summed E-state index contributed by atoms with van der Waals surface area (Å²) in [7, 11) is 0. The standard InChI is InChI=1S/C8H8ClN3/c1-5-3-4-10-12-7(9)6(2)11-8(5)12/h3-4H,1-2H3. The topological polar surface area (TPSA) is 30.2 Å². The minimum Gasteiger partial charge on any atom is -0.230 e. The van der Waals surface area contributed by atoms with E-state index in [1.807, 2.05) is 19.9 Å². The second-order valence-electron chi connectivity index (χ2n) is 2.74. The summed E-state index contributed by atoms with van der Waals surface area (Å²) in [5.41, 5.74) is 2.73. The lowest BCUT2D eigenvalue weighted by Gasteiger charge is -1.94. The Morgan fingerprint density at radius 1 is 1.42 bits per heavy atom. The third-order valence-corrected chi connectivity index (χ3v) is 2.25. The molecule has 0 aliphatic heterocycles. The van der Waals surface area contributed by atoms with Gasteiger partial charge in [-0.2, -0.15) is 5.10 Å². The molecule has 0 aliphatic carbocycles. The van der Waals surface area contributed by atoms with Gasteiger partial charge in [0.05, 0.1) is 5.69 Å². The molecule has 0 N–H and O–H groups in total.